The Kier molecular flexibility index (Phi) is 3.03. The van der Waals surface area contributed by atoms with Crippen molar-refractivity contribution in [2.75, 3.05) is 38.1 Å². The van der Waals surface area contributed by atoms with E-state index in [9.17, 15) is 0 Å². The summed E-state index contributed by atoms with van der Waals surface area (Å²) >= 11 is 3.34. The molecule has 4 heteroatoms. The molecule has 0 amide bonds. The molecule has 0 aliphatic carbocycles. The number of piperazine rings is 1. The first-order valence-corrected chi connectivity index (χ1v) is 5.60. The van der Waals surface area contributed by atoms with Crippen molar-refractivity contribution in [3.8, 4) is 0 Å². The Labute approximate surface area is 92.9 Å². The molecule has 1 aromatic heterocycles. The van der Waals surface area contributed by atoms with E-state index in [0.717, 1.165) is 30.8 Å². The third-order valence-electron chi connectivity index (χ3n) is 2.58. The smallest absolute Gasteiger partial charge is 0.106 e. The molecule has 76 valence electrons. The second-order valence-corrected chi connectivity index (χ2v) is 4.44. The molecule has 14 heavy (non-hydrogen) atoms. The second-order valence-electron chi connectivity index (χ2n) is 3.63. The summed E-state index contributed by atoms with van der Waals surface area (Å²) in [4.78, 5) is 8.96. The highest BCUT2D eigenvalue weighted by atomic mass is 79.9. The number of likely N-dealkylation sites (N-methyl/N-ethyl adjacent to an activating group) is 1. The molecule has 2 heterocycles. The molecule has 3 nitrogen and oxygen atoms in total. The molecule has 1 aliphatic heterocycles. The van der Waals surface area contributed by atoms with Crippen LogP contribution in [0.4, 0.5) is 5.69 Å². The van der Waals surface area contributed by atoms with E-state index in [4.69, 9.17) is 0 Å². The molecule has 0 bridgehead atoms. The van der Waals surface area contributed by atoms with Crippen LogP contribution in [-0.2, 0) is 0 Å². The zero-order valence-electron chi connectivity index (χ0n) is 8.28. The van der Waals surface area contributed by atoms with Gasteiger partial charge in [-0.3, -0.25) is 0 Å². The van der Waals surface area contributed by atoms with E-state index in [1.807, 2.05) is 12.3 Å². The molecule has 0 saturated carbocycles. The Bertz CT molecular complexity index is 291. The first-order chi connectivity index (χ1) is 6.75. The van der Waals surface area contributed by atoms with Crippen LogP contribution >= 0.6 is 15.9 Å². The van der Waals surface area contributed by atoms with Crippen molar-refractivity contribution in [2.24, 2.45) is 0 Å². The van der Waals surface area contributed by atoms with Crippen LogP contribution in [0.1, 0.15) is 0 Å². The lowest BCUT2D eigenvalue weighted by Crippen LogP contribution is -2.44. The van der Waals surface area contributed by atoms with Gasteiger partial charge < -0.3 is 9.80 Å². The van der Waals surface area contributed by atoms with E-state index in [1.54, 1.807) is 0 Å². The van der Waals surface area contributed by atoms with Crippen LogP contribution in [0.5, 0.6) is 0 Å². The van der Waals surface area contributed by atoms with Crippen molar-refractivity contribution in [1.29, 1.82) is 0 Å². The van der Waals surface area contributed by atoms with Crippen LogP contribution < -0.4 is 4.90 Å². The van der Waals surface area contributed by atoms with Crippen molar-refractivity contribution in [3.63, 3.8) is 0 Å². The third kappa shape index (κ3) is 2.25. The first-order valence-electron chi connectivity index (χ1n) is 4.81. The molecule has 1 aliphatic rings. The summed E-state index contributed by atoms with van der Waals surface area (Å²) in [7, 11) is 2.16. The minimum absolute atomic E-state index is 0.898. The zero-order valence-corrected chi connectivity index (χ0v) is 9.87. The zero-order chi connectivity index (χ0) is 9.97. The monoisotopic (exact) mass is 255 g/mol. The highest BCUT2D eigenvalue weighted by Gasteiger charge is 2.13. The molecule has 2 rings (SSSR count). The summed E-state index contributed by atoms with van der Waals surface area (Å²) in [6, 6.07) is 4.11. The van der Waals surface area contributed by atoms with E-state index in [1.165, 1.54) is 5.69 Å². The Morgan fingerprint density at radius 2 is 1.93 bits per heavy atom. The summed E-state index contributed by atoms with van der Waals surface area (Å²) in [5.74, 6) is 0. The lowest BCUT2D eigenvalue weighted by Gasteiger charge is -2.33. The molecule has 0 atom stereocenters. The fraction of sp³-hybridized carbons (Fsp3) is 0.500. The van der Waals surface area contributed by atoms with Crippen LogP contribution in [0.3, 0.4) is 0 Å². The number of aromatic nitrogens is 1. The Morgan fingerprint density at radius 1 is 1.21 bits per heavy atom. The average Bonchev–Trinajstić information content (AvgIpc) is 2.21. The van der Waals surface area contributed by atoms with Crippen molar-refractivity contribution < 1.29 is 0 Å². The van der Waals surface area contributed by atoms with Gasteiger partial charge in [0.1, 0.15) is 4.60 Å². The van der Waals surface area contributed by atoms with Gasteiger partial charge in [0.05, 0.1) is 11.9 Å². The minimum Gasteiger partial charge on any atom is -0.368 e. The predicted molar refractivity (Wildman–Crippen MR) is 61.6 cm³/mol. The highest BCUT2D eigenvalue weighted by molar-refractivity contribution is 9.10. The number of rotatable bonds is 1. The van der Waals surface area contributed by atoms with Crippen LogP contribution in [0.2, 0.25) is 0 Å². The van der Waals surface area contributed by atoms with Gasteiger partial charge in [-0.25, -0.2) is 4.98 Å². The van der Waals surface area contributed by atoms with Gasteiger partial charge >= 0.3 is 0 Å². The summed E-state index contributed by atoms with van der Waals surface area (Å²) in [5, 5.41) is 0. The normalized spacial score (nSPS) is 18.6. The van der Waals surface area contributed by atoms with Gasteiger partial charge in [0.2, 0.25) is 0 Å². The Morgan fingerprint density at radius 3 is 2.50 bits per heavy atom. The molecule has 0 unspecified atom stereocenters. The maximum absolute atomic E-state index is 4.23. The van der Waals surface area contributed by atoms with Gasteiger partial charge in [-0.15, -0.1) is 0 Å². The molecule has 0 spiro atoms. The largest absolute Gasteiger partial charge is 0.368 e. The van der Waals surface area contributed by atoms with Crippen molar-refractivity contribution in [1.82, 2.24) is 9.88 Å². The number of nitrogens with zero attached hydrogens (tertiary/aromatic N) is 3. The SMILES string of the molecule is CN1CCN(c2ccc(Br)nc2)CC1. The molecule has 0 radical (unpaired) electrons. The Hall–Kier alpha value is -0.610. The quantitative estimate of drug-likeness (QED) is 0.711. The van der Waals surface area contributed by atoms with E-state index in [-0.39, 0.29) is 0 Å². The third-order valence-corrected chi connectivity index (χ3v) is 3.05. The number of anilines is 1. The number of hydrogen-bond donors (Lipinski definition) is 0. The van der Waals surface area contributed by atoms with Crippen LogP contribution in [-0.4, -0.2) is 43.1 Å². The second kappa shape index (κ2) is 4.28. The van der Waals surface area contributed by atoms with Gasteiger partial charge in [-0.05, 0) is 35.1 Å². The fourth-order valence-corrected chi connectivity index (χ4v) is 1.85. The average molecular weight is 256 g/mol. The van der Waals surface area contributed by atoms with Crippen molar-refractivity contribution >= 4 is 21.6 Å². The van der Waals surface area contributed by atoms with Crippen molar-refractivity contribution in [3.05, 3.63) is 22.9 Å². The molecular formula is C10H14BrN3. The molecule has 1 aromatic rings. The number of halogens is 1. The molecule has 0 aromatic carbocycles. The first kappa shape index (κ1) is 9.93. The van der Waals surface area contributed by atoms with Gasteiger partial charge in [-0.1, -0.05) is 0 Å². The van der Waals surface area contributed by atoms with Crippen molar-refractivity contribution in [2.45, 2.75) is 0 Å². The van der Waals surface area contributed by atoms with Gasteiger partial charge in [0.25, 0.3) is 0 Å². The van der Waals surface area contributed by atoms with Gasteiger partial charge in [-0.2, -0.15) is 0 Å². The van der Waals surface area contributed by atoms with Crippen LogP contribution in [0, 0.1) is 0 Å². The molecular weight excluding hydrogens is 242 g/mol. The molecule has 1 fully saturated rings. The van der Waals surface area contributed by atoms with E-state index >= 15 is 0 Å². The van der Waals surface area contributed by atoms with E-state index in [2.05, 4.69) is 43.8 Å². The summed E-state index contributed by atoms with van der Waals surface area (Å²) in [6.45, 7) is 4.46. The minimum atomic E-state index is 0.898. The number of hydrogen-bond acceptors (Lipinski definition) is 3. The molecule has 1 saturated heterocycles. The van der Waals surface area contributed by atoms with Gasteiger partial charge in [0.15, 0.2) is 0 Å². The summed E-state index contributed by atoms with van der Waals surface area (Å²) in [6.07, 6.45) is 1.93. The topological polar surface area (TPSA) is 19.4 Å². The predicted octanol–water partition coefficient (Wildman–Crippen LogP) is 1.60. The van der Waals surface area contributed by atoms with Gasteiger partial charge in [0, 0.05) is 26.2 Å². The maximum Gasteiger partial charge on any atom is 0.106 e. The molecule has 0 N–H and O–H groups in total. The summed E-state index contributed by atoms with van der Waals surface area (Å²) in [5.41, 5.74) is 1.22. The highest BCUT2D eigenvalue weighted by Crippen LogP contribution is 2.16. The lowest BCUT2D eigenvalue weighted by molar-refractivity contribution is 0.313. The van der Waals surface area contributed by atoms with E-state index in [0.29, 0.717) is 0 Å². The fourth-order valence-electron chi connectivity index (χ4n) is 1.62. The summed E-state index contributed by atoms with van der Waals surface area (Å²) < 4.78 is 0.898. The van der Waals surface area contributed by atoms with Crippen LogP contribution in [0.25, 0.3) is 0 Å². The standard InChI is InChI=1S/C10H14BrN3/c1-13-4-6-14(7-5-13)9-2-3-10(11)12-8-9/h2-3,8H,4-7H2,1H3. The van der Waals surface area contributed by atoms with Crippen LogP contribution in [0.15, 0.2) is 22.9 Å². The lowest BCUT2D eigenvalue weighted by atomic mass is 10.3. The number of pyridine rings is 1. The Balaban J connectivity index is 2.05. The maximum atomic E-state index is 4.23. The van der Waals surface area contributed by atoms with E-state index < -0.39 is 0 Å².